The standard InChI is InChI=1S/C13H14N2O/c1-10(16-2)9-15-6-5-12-4-3-11(8-14)7-13(12)15/h3-7,10H,9H2,1-2H3. The number of nitrogens with zero attached hydrogens (tertiary/aromatic N) is 2. The van der Waals surface area contributed by atoms with Crippen molar-refractivity contribution in [3.63, 3.8) is 0 Å². The number of aromatic nitrogens is 1. The first-order valence-electron chi connectivity index (χ1n) is 5.26. The summed E-state index contributed by atoms with van der Waals surface area (Å²) in [5.41, 5.74) is 1.78. The molecule has 0 fully saturated rings. The smallest absolute Gasteiger partial charge is 0.0992 e. The summed E-state index contributed by atoms with van der Waals surface area (Å²) in [5.74, 6) is 0. The van der Waals surface area contributed by atoms with E-state index in [1.54, 1.807) is 7.11 Å². The monoisotopic (exact) mass is 214 g/mol. The molecule has 0 aliphatic heterocycles. The fourth-order valence-corrected chi connectivity index (χ4v) is 1.76. The zero-order chi connectivity index (χ0) is 11.5. The van der Waals surface area contributed by atoms with Crippen LogP contribution in [0.5, 0.6) is 0 Å². The highest BCUT2D eigenvalue weighted by Gasteiger charge is 2.05. The average Bonchev–Trinajstić information content (AvgIpc) is 2.71. The number of benzene rings is 1. The number of rotatable bonds is 3. The summed E-state index contributed by atoms with van der Waals surface area (Å²) in [6, 6.07) is 9.94. The SMILES string of the molecule is COC(C)Cn1ccc2ccc(C#N)cc21. The second-order valence-corrected chi connectivity index (χ2v) is 3.90. The lowest BCUT2D eigenvalue weighted by molar-refractivity contribution is 0.104. The molecule has 0 spiro atoms. The second kappa shape index (κ2) is 4.38. The molecule has 0 saturated heterocycles. The van der Waals surface area contributed by atoms with Crippen LogP contribution in [0.15, 0.2) is 30.5 Å². The molecule has 0 N–H and O–H groups in total. The summed E-state index contributed by atoms with van der Waals surface area (Å²) in [5, 5.41) is 10.0. The van der Waals surface area contributed by atoms with E-state index >= 15 is 0 Å². The Hall–Kier alpha value is -1.79. The van der Waals surface area contributed by atoms with E-state index in [0.29, 0.717) is 5.56 Å². The lowest BCUT2D eigenvalue weighted by Crippen LogP contribution is -2.13. The van der Waals surface area contributed by atoms with Crippen LogP contribution in [0.3, 0.4) is 0 Å². The van der Waals surface area contributed by atoms with Crippen molar-refractivity contribution in [3.05, 3.63) is 36.0 Å². The molecule has 1 aromatic carbocycles. The fraction of sp³-hybridized carbons (Fsp3) is 0.308. The average molecular weight is 214 g/mol. The Bertz CT molecular complexity index is 536. The number of hydrogen-bond acceptors (Lipinski definition) is 2. The number of hydrogen-bond donors (Lipinski definition) is 0. The molecule has 2 aromatic rings. The Balaban J connectivity index is 2.42. The predicted molar refractivity (Wildman–Crippen MR) is 63.1 cm³/mol. The summed E-state index contributed by atoms with van der Waals surface area (Å²) in [6.07, 6.45) is 2.20. The predicted octanol–water partition coefficient (Wildman–Crippen LogP) is 2.55. The van der Waals surface area contributed by atoms with E-state index in [1.807, 2.05) is 31.3 Å². The van der Waals surface area contributed by atoms with Gasteiger partial charge in [-0.2, -0.15) is 5.26 Å². The molecule has 0 saturated carbocycles. The van der Waals surface area contributed by atoms with Gasteiger partial charge in [0.1, 0.15) is 0 Å². The van der Waals surface area contributed by atoms with Crippen molar-refractivity contribution in [1.29, 1.82) is 5.26 Å². The Labute approximate surface area is 94.9 Å². The van der Waals surface area contributed by atoms with Crippen LogP contribution in [0.2, 0.25) is 0 Å². The topological polar surface area (TPSA) is 38.0 Å². The molecular weight excluding hydrogens is 200 g/mol. The minimum atomic E-state index is 0.168. The molecule has 0 radical (unpaired) electrons. The van der Waals surface area contributed by atoms with Crippen LogP contribution >= 0.6 is 0 Å². The molecule has 3 nitrogen and oxygen atoms in total. The normalized spacial score (nSPS) is 12.6. The molecule has 0 bridgehead atoms. The highest BCUT2D eigenvalue weighted by Crippen LogP contribution is 2.18. The quantitative estimate of drug-likeness (QED) is 0.787. The van der Waals surface area contributed by atoms with E-state index in [1.165, 1.54) is 0 Å². The fourth-order valence-electron chi connectivity index (χ4n) is 1.76. The third kappa shape index (κ3) is 1.93. The van der Waals surface area contributed by atoms with Gasteiger partial charge < -0.3 is 9.30 Å². The van der Waals surface area contributed by atoms with Crippen LogP contribution < -0.4 is 0 Å². The maximum absolute atomic E-state index is 8.87. The van der Waals surface area contributed by atoms with Crippen LogP contribution in [0.1, 0.15) is 12.5 Å². The van der Waals surface area contributed by atoms with Crippen molar-refractivity contribution in [1.82, 2.24) is 4.57 Å². The maximum atomic E-state index is 8.87. The number of methoxy groups -OCH3 is 1. The Kier molecular flexibility index (Phi) is 2.93. The van der Waals surface area contributed by atoms with Crippen molar-refractivity contribution < 1.29 is 4.74 Å². The lowest BCUT2D eigenvalue weighted by atomic mass is 10.2. The van der Waals surface area contributed by atoms with E-state index in [4.69, 9.17) is 10.00 Å². The number of fused-ring (bicyclic) bond motifs is 1. The van der Waals surface area contributed by atoms with Crippen LogP contribution in [0.25, 0.3) is 10.9 Å². The number of ether oxygens (including phenoxy) is 1. The van der Waals surface area contributed by atoms with Gasteiger partial charge in [-0.15, -0.1) is 0 Å². The van der Waals surface area contributed by atoms with Crippen molar-refractivity contribution in [3.8, 4) is 6.07 Å². The zero-order valence-electron chi connectivity index (χ0n) is 9.47. The van der Waals surface area contributed by atoms with Gasteiger partial charge in [-0.25, -0.2) is 0 Å². The molecule has 0 amide bonds. The second-order valence-electron chi connectivity index (χ2n) is 3.90. The van der Waals surface area contributed by atoms with Crippen LogP contribution in [0.4, 0.5) is 0 Å². The third-order valence-corrected chi connectivity index (χ3v) is 2.76. The molecule has 1 atom stereocenters. The molecular formula is C13H14N2O. The number of nitriles is 1. The first-order chi connectivity index (χ1) is 7.74. The van der Waals surface area contributed by atoms with Crippen molar-refractivity contribution in [2.45, 2.75) is 19.6 Å². The Morgan fingerprint density at radius 1 is 1.44 bits per heavy atom. The molecule has 16 heavy (non-hydrogen) atoms. The van der Waals surface area contributed by atoms with Gasteiger partial charge in [-0.05, 0) is 30.5 Å². The molecule has 1 unspecified atom stereocenters. The van der Waals surface area contributed by atoms with E-state index in [0.717, 1.165) is 17.4 Å². The van der Waals surface area contributed by atoms with E-state index in [2.05, 4.69) is 16.7 Å². The molecule has 0 aliphatic carbocycles. The summed E-state index contributed by atoms with van der Waals surface area (Å²) < 4.78 is 7.36. The summed E-state index contributed by atoms with van der Waals surface area (Å²) in [4.78, 5) is 0. The first-order valence-corrected chi connectivity index (χ1v) is 5.26. The van der Waals surface area contributed by atoms with Crippen LogP contribution in [-0.4, -0.2) is 17.8 Å². The van der Waals surface area contributed by atoms with Gasteiger partial charge >= 0.3 is 0 Å². The molecule has 2 rings (SSSR count). The van der Waals surface area contributed by atoms with Gasteiger partial charge in [-0.1, -0.05) is 6.07 Å². The largest absolute Gasteiger partial charge is 0.380 e. The first kappa shape index (κ1) is 10.7. The van der Waals surface area contributed by atoms with Gasteiger partial charge in [0.25, 0.3) is 0 Å². The highest BCUT2D eigenvalue weighted by atomic mass is 16.5. The molecule has 1 heterocycles. The molecule has 1 aromatic heterocycles. The molecule has 82 valence electrons. The summed E-state index contributed by atoms with van der Waals surface area (Å²) in [7, 11) is 1.71. The van der Waals surface area contributed by atoms with Crippen molar-refractivity contribution >= 4 is 10.9 Å². The maximum Gasteiger partial charge on any atom is 0.0992 e. The minimum Gasteiger partial charge on any atom is -0.380 e. The minimum absolute atomic E-state index is 0.168. The van der Waals surface area contributed by atoms with Crippen LogP contribution in [-0.2, 0) is 11.3 Å². The van der Waals surface area contributed by atoms with E-state index < -0.39 is 0 Å². The van der Waals surface area contributed by atoms with E-state index in [-0.39, 0.29) is 6.10 Å². The van der Waals surface area contributed by atoms with Gasteiger partial charge in [0.05, 0.1) is 17.7 Å². The Morgan fingerprint density at radius 2 is 2.25 bits per heavy atom. The summed E-state index contributed by atoms with van der Waals surface area (Å²) >= 11 is 0. The molecule has 3 heteroatoms. The van der Waals surface area contributed by atoms with Gasteiger partial charge in [-0.3, -0.25) is 0 Å². The third-order valence-electron chi connectivity index (χ3n) is 2.76. The van der Waals surface area contributed by atoms with Crippen molar-refractivity contribution in [2.75, 3.05) is 7.11 Å². The van der Waals surface area contributed by atoms with Crippen LogP contribution in [0, 0.1) is 11.3 Å². The molecule has 0 aliphatic rings. The highest BCUT2D eigenvalue weighted by molar-refractivity contribution is 5.81. The van der Waals surface area contributed by atoms with Gasteiger partial charge in [0.15, 0.2) is 0 Å². The summed E-state index contributed by atoms with van der Waals surface area (Å²) in [6.45, 7) is 2.83. The van der Waals surface area contributed by atoms with Gasteiger partial charge in [0.2, 0.25) is 0 Å². The lowest BCUT2D eigenvalue weighted by Gasteiger charge is -2.11. The van der Waals surface area contributed by atoms with Gasteiger partial charge in [0, 0.05) is 25.4 Å². The van der Waals surface area contributed by atoms with E-state index in [9.17, 15) is 0 Å². The zero-order valence-corrected chi connectivity index (χ0v) is 9.47. The van der Waals surface area contributed by atoms with Crippen molar-refractivity contribution in [2.24, 2.45) is 0 Å². The Morgan fingerprint density at radius 3 is 2.94 bits per heavy atom.